The number of carbonyl (C=O) groups excluding carboxylic acids is 2. The van der Waals surface area contributed by atoms with Crippen LogP contribution in [0.4, 0.5) is 4.39 Å². The molecule has 1 aliphatic heterocycles. The second-order valence-electron chi connectivity index (χ2n) is 9.99. The van der Waals surface area contributed by atoms with E-state index in [1.807, 2.05) is 40.7 Å². The van der Waals surface area contributed by atoms with E-state index < -0.39 is 11.4 Å². The van der Waals surface area contributed by atoms with Gasteiger partial charge in [0.15, 0.2) is 11.3 Å². The van der Waals surface area contributed by atoms with Crippen LogP contribution >= 0.6 is 11.6 Å². The first-order valence-corrected chi connectivity index (χ1v) is 11.0. The summed E-state index contributed by atoms with van der Waals surface area (Å²) in [5.74, 6) is -0.451. The van der Waals surface area contributed by atoms with Gasteiger partial charge in [-0.2, -0.15) is 0 Å². The molecule has 7 heteroatoms. The fraction of sp³-hybridized carbons (Fsp3) is 0.400. The molecule has 3 aromatic rings. The third-order valence-corrected chi connectivity index (χ3v) is 6.24. The predicted molar refractivity (Wildman–Crippen MR) is 122 cm³/mol. The van der Waals surface area contributed by atoms with Gasteiger partial charge in [0.1, 0.15) is 17.1 Å². The lowest BCUT2D eigenvalue weighted by Gasteiger charge is -2.41. The highest BCUT2D eigenvalue weighted by Crippen LogP contribution is 2.36. The van der Waals surface area contributed by atoms with E-state index in [0.717, 1.165) is 5.56 Å². The van der Waals surface area contributed by atoms with Crippen molar-refractivity contribution in [1.29, 1.82) is 0 Å². The number of benzene rings is 1. The molecule has 4 rings (SSSR count). The Labute approximate surface area is 191 Å². The molecule has 0 saturated carbocycles. The maximum absolute atomic E-state index is 14.1. The summed E-state index contributed by atoms with van der Waals surface area (Å²) in [5, 5.41) is 0.0460. The molecule has 32 heavy (non-hydrogen) atoms. The Bertz CT molecular complexity index is 1240. The molecular weight excluding hydrogens is 431 g/mol. The molecule has 0 aliphatic carbocycles. The molecule has 0 atom stereocenters. The van der Waals surface area contributed by atoms with Crippen LogP contribution in [0.2, 0.25) is 5.02 Å². The molecule has 5 nitrogen and oxygen atoms in total. The largest absolute Gasteiger partial charge is 0.449 e. The van der Waals surface area contributed by atoms with Gasteiger partial charge < -0.3 is 9.32 Å². The van der Waals surface area contributed by atoms with Gasteiger partial charge in [0.2, 0.25) is 0 Å². The molecule has 1 aliphatic rings. The molecule has 1 amide bonds. The van der Waals surface area contributed by atoms with Gasteiger partial charge in [0.05, 0.1) is 10.7 Å². The van der Waals surface area contributed by atoms with E-state index in [1.54, 1.807) is 17.0 Å². The fourth-order valence-electron chi connectivity index (χ4n) is 4.20. The summed E-state index contributed by atoms with van der Waals surface area (Å²) in [7, 11) is 0. The summed E-state index contributed by atoms with van der Waals surface area (Å²) in [5.41, 5.74) is 2.18. The normalized spacial score (nSPS) is 16.6. The van der Waals surface area contributed by atoms with Crippen LogP contribution in [0.1, 0.15) is 63.6 Å². The van der Waals surface area contributed by atoms with Crippen LogP contribution in [0.15, 0.2) is 34.7 Å². The van der Waals surface area contributed by atoms with Crippen LogP contribution in [0.25, 0.3) is 22.4 Å². The van der Waals surface area contributed by atoms with Crippen molar-refractivity contribution in [2.24, 2.45) is 0 Å². The second-order valence-corrected chi connectivity index (χ2v) is 10.4. The SMILES string of the molecule is CC(C)(C)c1cc(-c2ccc(Cl)c(F)c2)nc2cc(C(=O)N3CCC(=O)CC3(C)C)oc12. The topological polar surface area (TPSA) is 63.4 Å². The van der Waals surface area contributed by atoms with Crippen molar-refractivity contribution >= 4 is 34.4 Å². The average molecular weight is 457 g/mol. The van der Waals surface area contributed by atoms with Gasteiger partial charge in [-0.3, -0.25) is 9.59 Å². The highest BCUT2D eigenvalue weighted by atomic mass is 35.5. The number of fused-ring (bicyclic) bond motifs is 1. The number of amides is 1. The number of carbonyl (C=O) groups is 2. The summed E-state index contributed by atoms with van der Waals surface area (Å²) < 4.78 is 20.1. The molecule has 0 N–H and O–H groups in total. The number of rotatable bonds is 2. The molecule has 0 bridgehead atoms. The molecule has 1 aromatic carbocycles. The van der Waals surface area contributed by atoms with E-state index in [2.05, 4.69) is 4.98 Å². The van der Waals surface area contributed by atoms with E-state index in [-0.39, 0.29) is 27.9 Å². The Balaban J connectivity index is 1.83. The van der Waals surface area contributed by atoms with Crippen LogP contribution in [0.3, 0.4) is 0 Å². The number of furan rings is 1. The zero-order valence-corrected chi connectivity index (χ0v) is 19.6. The predicted octanol–water partition coefficient (Wildman–Crippen LogP) is 6.17. The lowest BCUT2D eigenvalue weighted by Crippen LogP contribution is -2.53. The number of aromatic nitrogens is 1. The van der Waals surface area contributed by atoms with Crippen molar-refractivity contribution in [1.82, 2.24) is 9.88 Å². The number of nitrogens with zero attached hydrogens (tertiary/aromatic N) is 2. The molecule has 0 radical (unpaired) electrons. The van der Waals surface area contributed by atoms with Crippen molar-refractivity contribution in [3.8, 4) is 11.3 Å². The highest BCUT2D eigenvalue weighted by molar-refractivity contribution is 6.30. The standard InChI is InChI=1S/C25H26ClFN2O3/c1-24(2,3)16-11-19(14-6-7-17(26)18(27)10-14)28-20-12-21(32-22(16)20)23(31)29-9-8-15(30)13-25(29,4)5/h6-7,10-12H,8-9,13H2,1-5H3. The molecular formula is C25H26ClFN2O3. The minimum atomic E-state index is -0.586. The van der Waals surface area contributed by atoms with E-state index in [4.69, 9.17) is 16.0 Å². The summed E-state index contributed by atoms with van der Waals surface area (Å²) in [4.78, 5) is 31.6. The summed E-state index contributed by atoms with van der Waals surface area (Å²) in [6, 6.07) is 8.06. The Hall–Kier alpha value is -2.73. The summed E-state index contributed by atoms with van der Waals surface area (Å²) in [6.07, 6.45) is 0.657. The van der Waals surface area contributed by atoms with Gasteiger partial charge in [0.25, 0.3) is 5.91 Å². The molecule has 2 aromatic heterocycles. The van der Waals surface area contributed by atoms with Crippen molar-refractivity contribution in [3.05, 3.63) is 52.5 Å². The zero-order valence-electron chi connectivity index (χ0n) is 18.9. The van der Waals surface area contributed by atoms with Gasteiger partial charge in [-0.25, -0.2) is 9.37 Å². The first-order valence-electron chi connectivity index (χ1n) is 10.6. The Kier molecular flexibility index (Phi) is 5.40. The minimum Gasteiger partial charge on any atom is -0.449 e. The van der Waals surface area contributed by atoms with Gasteiger partial charge in [-0.1, -0.05) is 38.4 Å². The van der Waals surface area contributed by atoms with Crippen LogP contribution in [0.5, 0.6) is 0 Å². The van der Waals surface area contributed by atoms with Crippen LogP contribution in [0, 0.1) is 5.82 Å². The van der Waals surface area contributed by atoms with Crippen molar-refractivity contribution in [3.63, 3.8) is 0 Å². The van der Waals surface area contributed by atoms with Crippen molar-refractivity contribution in [2.75, 3.05) is 6.54 Å². The number of Topliss-reactive ketones (excluding diaryl/α,β-unsaturated/α-hetero) is 1. The van der Waals surface area contributed by atoms with Gasteiger partial charge in [-0.15, -0.1) is 0 Å². The maximum Gasteiger partial charge on any atom is 0.290 e. The quantitative estimate of drug-likeness (QED) is 0.462. The van der Waals surface area contributed by atoms with Crippen LogP contribution in [-0.2, 0) is 10.2 Å². The average Bonchev–Trinajstić information content (AvgIpc) is 3.11. The summed E-state index contributed by atoms with van der Waals surface area (Å²) >= 11 is 5.84. The lowest BCUT2D eigenvalue weighted by atomic mass is 9.86. The fourth-order valence-corrected chi connectivity index (χ4v) is 4.32. The number of ketones is 1. The molecule has 168 valence electrons. The van der Waals surface area contributed by atoms with Crippen molar-refractivity contribution in [2.45, 2.75) is 58.4 Å². The molecule has 0 unspecified atom stereocenters. The molecule has 0 spiro atoms. The lowest BCUT2D eigenvalue weighted by molar-refractivity contribution is -0.124. The monoisotopic (exact) mass is 456 g/mol. The van der Waals surface area contributed by atoms with Crippen LogP contribution < -0.4 is 0 Å². The number of likely N-dealkylation sites (tertiary alicyclic amines) is 1. The zero-order chi connectivity index (χ0) is 23.4. The van der Waals surface area contributed by atoms with Gasteiger partial charge in [-0.05, 0) is 37.5 Å². The van der Waals surface area contributed by atoms with E-state index >= 15 is 0 Å². The number of hydrogen-bond donors (Lipinski definition) is 0. The minimum absolute atomic E-state index is 0.0460. The first-order chi connectivity index (χ1) is 14.9. The summed E-state index contributed by atoms with van der Waals surface area (Å²) in [6.45, 7) is 10.2. The number of piperidine rings is 1. The van der Waals surface area contributed by atoms with E-state index in [1.165, 1.54) is 12.1 Å². The second kappa shape index (κ2) is 7.69. The van der Waals surface area contributed by atoms with E-state index in [0.29, 0.717) is 41.7 Å². The van der Waals surface area contributed by atoms with Gasteiger partial charge >= 0.3 is 0 Å². The Morgan fingerprint density at radius 1 is 1.22 bits per heavy atom. The molecule has 3 heterocycles. The Morgan fingerprint density at radius 3 is 2.56 bits per heavy atom. The smallest absolute Gasteiger partial charge is 0.290 e. The van der Waals surface area contributed by atoms with E-state index in [9.17, 15) is 14.0 Å². The highest BCUT2D eigenvalue weighted by Gasteiger charge is 2.38. The third-order valence-electron chi connectivity index (χ3n) is 5.93. The van der Waals surface area contributed by atoms with Crippen LogP contribution in [-0.4, -0.2) is 33.7 Å². The van der Waals surface area contributed by atoms with Crippen molar-refractivity contribution < 1.29 is 18.4 Å². The number of hydrogen-bond acceptors (Lipinski definition) is 4. The third kappa shape index (κ3) is 4.04. The number of pyridine rings is 1. The molecule has 1 fully saturated rings. The Morgan fingerprint density at radius 2 is 1.94 bits per heavy atom. The molecule has 1 saturated heterocycles. The first kappa shape index (κ1) is 22.5. The maximum atomic E-state index is 14.1. The number of halogens is 2. The van der Waals surface area contributed by atoms with Gasteiger partial charge in [0, 0.05) is 42.1 Å².